The van der Waals surface area contributed by atoms with Crippen LogP contribution < -0.4 is 0 Å². The van der Waals surface area contributed by atoms with Crippen LogP contribution in [0.2, 0.25) is 0 Å². The third-order valence-electron chi connectivity index (χ3n) is 2.45. The van der Waals surface area contributed by atoms with E-state index in [0.717, 1.165) is 0 Å². The highest BCUT2D eigenvalue weighted by Gasteiger charge is 2.31. The summed E-state index contributed by atoms with van der Waals surface area (Å²) in [5.41, 5.74) is -0.716. The Morgan fingerprint density at radius 1 is 1.33 bits per heavy atom. The fraction of sp³-hybridized carbons (Fsp3) is 0.400. The van der Waals surface area contributed by atoms with E-state index in [4.69, 9.17) is 10.2 Å². The van der Waals surface area contributed by atoms with Crippen LogP contribution in [0, 0.1) is 10.1 Å². The first-order valence-corrected chi connectivity index (χ1v) is 4.51. The second-order valence-electron chi connectivity index (χ2n) is 3.65. The van der Waals surface area contributed by atoms with Crippen molar-refractivity contribution in [3.05, 3.63) is 39.9 Å². The van der Waals surface area contributed by atoms with Crippen LogP contribution in [0.1, 0.15) is 12.5 Å². The monoisotopic (exact) mass is 211 g/mol. The van der Waals surface area contributed by atoms with Crippen LogP contribution >= 0.6 is 0 Å². The summed E-state index contributed by atoms with van der Waals surface area (Å²) >= 11 is 0. The number of aliphatic hydroxyl groups is 2. The molecule has 0 atom stereocenters. The lowest BCUT2D eigenvalue weighted by Crippen LogP contribution is -2.31. The van der Waals surface area contributed by atoms with Gasteiger partial charge in [-0.05, 0) is 0 Å². The van der Waals surface area contributed by atoms with Crippen LogP contribution in [0.3, 0.4) is 0 Å². The van der Waals surface area contributed by atoms with Crippen LogP contribution in [0.4, 0.5) is 5.69 Å². The van der Waals surface area contributed by atoms with E-state index in [1.54, 1.807) is 25.1 Å². The lowest BCUT2D eigenvalue weighted by Gasteiger charge is -2.24. The third kappa shape index (κ3) is 2.14. The van der Waals surface area contributed by atoms with E-state index in [1.807, 2.05) is 0 Å². The molecular weight excluding hydrogens is 198 g/mol. The summed E-state index contributed by atoms with van der Waals surface area (Å²) in [5.74, 6) is 0. The van der Waals surface area contributed by atoms with Gasteiger partial charge in [-0.15, -0.1) is 0 Å². The summed E-state index contributed by atoms with van der Waals surface area (Å²) in [5, 5.41) is 29.1. The average molecular weight is 211 g/mol. The van der Waals surface area contributed by atoms with Gasteiger partial charge in [0.1, 0.15) is 0 Å². The van der Waals surface area contributed by atoms with Crippen LogP contribution in [0.5, 0.6) is 0 Å². The van der Waals surface area contributed by atoms with Crippen LogP contribution in [0.25, 0.3) is 0 Å². The minimum atomic E-state index is -0.982. The highest BCUT2D eigenvalue weighted by Crippen LogP contribution is 2.30. The Morgan fingerprint density at radius 2 is 1.87 bits per heavy atom. The standard InChI is InChI=1S/C10H13NO4/c1-10(6-12,7-13)8-4-2-3-5-9(8)11(14)15/h2-5,12-13H,6-7H2,1H3. The highest BCUT2D eigenvalue weighted by molar-refractivity contribution is 5.45. The largest absolute Gasteiger partial charge is 0.395 e. The summed E-state index contributed by atoms with van der Waals surface area (Å²) in [7, 11) is 0. The molecule has 0 spiro atoms. The Kier molecular flexibility index (Phi) is 3.39. The molecule has 0 radical (unpaired) electrons. The Labute approximate surface area is 87.1 Å². The van der Waals surface area contributed by atoms with Crippen molar-refractivity contribution in [2.45, 2.75) is 12.3 Å². The summed E-state index contributed by atoms with van der Waals surface area (Å²) in [6, 6.07) is 6.10. The normalized spacial score (nSPS) is 11.4. The molecule has 1 aromatic carbocycles. The minimum Gasteiger partial charge on any atom is -0.395 e. The molecule has 0 aliphatic carbocycles. The Morgan fingerprint density at radius 3 is 2.33 bits per heavy atom. The molecule has 0 bridgehead atoms. The van der Waals surface area contributed by atoms with Crippen molar-refractivity contribution in [3.8, 4) is 0 Å². The molecule has 0 amide bonds. The van der Waals surface area contributed by atoms with Gasteiger partial charge in [0.15, 0.2) is 0 Å². The number of nitro benzene ring substituents is 1. The smallest absolute Gasteiger partial charge is 0.273 e. The highest BCUT2D eigenvalue weighted by atomic mass is 16.6. The van der Waals surface area contributed by atoms with Crippen molar-refractivity contribution in [1.29, 1.82) is 0 Å². The SMILES string of the molecule is CC(CO)(CO)c1ccccc1[N+](=O)[O-]. The molecule has 0 fully saturated rings. The molecular formula is C10H13NO4. The van der Waals surface area contributed by atoms with E-state index < -0.39 is 10.3 Å². The second-order valence-corrected chi connectivity index (χ2v) is 3.65. The first-order chi connectivity index (χ1) is 7.05. The van der Waals surface area contributed by atoms with E-state index in [-0.39, 0.29) is 18.9 Å². The first-order valence-electron chi connectivity index (χ1n) is 4.51. The fourth-order valence-corrected chi connectivity index (χ4v) is 1.36. The Hall–Kier alpha value is -1.46. The van der Waals surface area contributed by atoms with E-state index in [2.05, 4.69) is 0 Å². The summed E-state index contributed by atoms with van der Waals surface area (Å²) in [4.78, 5) is 10.2. The lowest BCUT2D eigenvalue weighted by molar-refractivity contribution is -0.386. The van der Waals surface area contributed by atoms with Gasteiger partial charge in [0.25, 0.3) is 5.69 Å². The molecule has 1 aromatic rings. The quantitative estimate of drug-likeness (QED) is 0.571. The molecule has 0 unspecified atom stereocenters. The number of benzene rings is 1. The van der Waals surface area contributed by atoms with E-state index >= 15 is 0 Å². The number of rotatable bonds is 4. The number of hydrogen-bond acceptors (Lipinski definition) is 4. The van der Waals surface area contributed by atoms with Gasteiger partial charge in [0.2, 0.25) is 0 Å². The minimum absolute atomic E-state index is 0.0805. The zero-order valence-corrected chi connectivity index (χ0v) is 8.38. The number of aliphatic hydroxyl groups excluding tert-OH is 2. The maximum atomic E-state index is 10.7. The molecule has 0 aliphatic heterocycles. The molecule has 1 rings (SSSR count). The van der Waals surface area contributed by atoms with Gasteiger partial charge in [-0.3, -0.25) is 10.1 Å². The maximum absolute atomic E-state index is 10.7. The fourth-order valence-electron chi connectivity index (χ4n) is 1.36. The Bertz CT molecular complexity index is 360. The van der Waals surface area contributed by atoms with Gasteiger partial charge in [0, 0.05) is 17.0 Å². The molecule has 2 N–H and O–H groups in total. The molecule has 0 aromatic heterocycles. The zero-order chi connectivity index (χ0) is 11.5. The van der Waals surface area contributed by atoms with Crippen molar-refractivity contribution >= 4 is 5.69 Å². The zero-order valence-electron chi connectivity index (χ0n) is 8.38. The first kappa shape index (κ1) is 11.6. The van der Waals surface area contributed by atoms with Gasteiger partial charge in [-0.25, -0.2) is 0 Å². The number of hydrogen-bond donors (Lipinski definition) is 2. The van der Waals surface area contributed by atoms with Gasteiger partial charge >= 0.3 is 0 Å². The molecule has 82 valence electrons. The summed E-state index contributed by atoms with van der Waals surface area (Å²) in [6.07, 6.45) is 0. The van der Waals surface area contributed by atoms with Crippen LogP contribution in [0.15, 0.2) is 24.3 Å². The van der Waals surface area contributed by atoms with Crippen molar-refractivity contribution in [1.82, 2.24) is 0 Å². The molecule has 0 saturated carbocycles. The van der Waals surface area contributed by atoms with Crippen molar-refractivity contribution in [2.75, 3.05) is 13.2 Å². The number of nitro groups is 1. The van der Waals surface area contributed by atoms with E-state index in [0.29, 0.717) is 5.56 Å². The average Bonchev–Trinajstić information content (AvgIpc) is 2.28. The third-order valence-corrected chi connectivity index (χ3v) is 2.45. The molecule has 0 heterocycles. The summed E-state index contributed by atoms with van der Waals surface area (Å²) in [6.45, 7) is 0.901. The van der Waals surface area contributed by atoms with Gasteiger partial charge in [-0.1, -0.05) is 25.1 Å². The van der Waals surface area contributed by atoms with Crippen molar-refractivity contribution < 1.29 is 15.1 Å². The summed E-state index contributed by atoms with van der Waals surface area (Å²) < 4.78 is 0. The molecule has 5 heteroatoms. The molecule has 0 aliphatic rings. The second kappa shape index (κ2) is 4.37. The Balaban J connectivity index is 3.29. The molecule has 15 heavy (non-hydrogen) atoms. The topological polar surface area (TPSA) is 83.6 Å². The predicted octanol–water partition coefficient (Wildman–Crippen LogP) is 0.837. The molecule has 5 nitrogen and oxygen atoms in total. The van der Waals surface area contributed by atoms with Gasteiger partial charge in [-0.2, -0.15) is 0 Å². The number of nitrogens with zero attached hydrogens (tertiary/aromatic N) is 1. The van der Waals surface area contributed by atoms with Crippen LogP contribution in [-0.4, -0.2) is 28.4 Å². The van der Waals surface area contributed by atoms with Crippen molar-refractivity contribution in [3.63, 3.8) is 0 Å². The van der Waals surface area contributed by atoms with Crippen molar-refractivity contribution in [2.24, 2.45) is 0 Å². The predicted molar refractivity (Wildman–Crippen MR) is 54.6 cm³/mol. The van der Waals surface area contributed by atoms with Gasteiger partial charge in [0.05, 0.1) is 18.1 Å². The lowest BCUT2D eigenvalue weighted by atomic mass is 9.83. The van der Waals surface area contributed by atoms with E-state index in [1.165, 1.54) is 6.07 Å². The maximum Gasteiger partial charge on any atom is 0.273 e. The number of para-hydroxylation sites is 1. The van der Waals surface area contributed by atoms with E-state index in [9.17, 15) is 10.1 Å². The molecule has 0 saturated heterocycles. The van der Waals surface area contributed by atoms with Crippen LogP contribution in [-0.2, 0) is 5.41 Å². The van der Waals surface area contributed by atoms with Gasteiger partial charge < -0.3 is 10.2 Å².